The Morgan fingerprint density at radius 1 is 1.00 bits per heavy atom. The first-order chi connectivity index (χ1) is 13.8. The normalized spacial score (nSPS) is 14.6. The van der Waals surface area contributed by atoms with E-state index in [1.54, 1.807) is 6.07 Å². The Balaban J connectivity index is 1.80. The average molecular weight is 430 g/mol. The maximum Gasteiger partial charge on any atom is 0.406 e. The Hall–Kier alpha value is -2.71. The number of carbonyl (C=O) groups excluding carboxylic acids is 1. The van der Waals surface area contributed by atoms with Crippen LogP contribution >= 0.6 is 0 Å². The molecule has 1 heterocycles. The van der Waals surface area contributed by atoms with Crippen LogP contribution in [-0.2, 0) is 23.2 Å². The minimum Gasteiger partial charge on any atom is -0.367 e. The SMILES string of the molecule is CC(=O)Nc1ccc2c(c1)CCN2Cc1ccc(C(C)(C(F)(F)F)C(F)(F)F)cc1. The van der Waals surface area contributed by atoms with E-state index < -0.39 is 23.3 Å². The number of carbonyl (C=O) groups is 1. The van der Waals surface area contributed by atoms with Crippen LogP contribution in [0.1, 0.15) is 30.5 Å². The van der Waals surface area contributed by atoms with Gasteiger partial charge in [0.15, 0.2) is 5.41 Å². The number of rotatable bonds is 4. The standard InChI is InChI=1S/C21H20F6N2O/c1-13(30)28-17-7-8-18-15(11-17)9-10-29(18)12-14-3-5-16(6-4-14)19(2,20(22,23)24)21(25,26)27/h3-8,11H,9-10,12H2,1-2H3,(H,28,30). The van der Waals surface area contributed by atoms with Crippen LogP contribution in [0.25, 0.3) is 0 Å². The van der Waals surface area contributed by atoms with Crippen LogP contribution in [0, 0.1) is 0 Å². The summed E-state index contributed by atoms with van der Waals surface area (Å²) in [5.41, 5.74) is -1.56. The Kier molecular flexibility index (Phi) is 5.51. The molecule has 0 radical (unpaired) electrons. The van der Waals surface area contributed by atoms with Crippen molar-refractivity contribution in [2.45, 2.75) is 44.6 Å². The topological polar surface area (TPSA) is 32.3 Å². The summed E-state index contributed by atoms with van der Waals surface area (Å²) >= 11 is 0. The second-order valence-electron chi connectivity index (χ2n) is 7.51. The van der Waals surface area contributed by atoms with Crippen molar-refractivity contribution < 1.29 is 31.1 Å². The minimum absolute atomic E-state index is 0.158. The molecule has 3 nitrogen and oxygen atoms in total. The molecule has 1 aliphatic rings. The van der Waals surface area contributed by atoms with Gasteiger partial charge >= 0.3 is 12.4 Å². The van der Waals surface area contributed by atoms with Gasteiger partial charge in [0.25, 0.3) is 0 Å². The highest BCUT2D eigenvalue weighted by molar-refractivity contribution is 5.89. The van der Waals surface area contributed by atoms with Gasteiger partial charge in [0.2, 0.25) is 5.91 Å². The zero-order chi connectivity index (χ0) is 22.3. The zero-order valence-electron chi connectivity index (χ0n) is 16.3. The summed E-state index contributed by atoms with van der Waals surface area (Å²) in [4.78, 5) is 13.2. The molecule has 3 rings (SSSR count). The first-order valence-corrected chi connectivity index (χ1v) is 9.21. The average Bonchev–Trinajstić information content (AvgIpc) is 3.01. The van der Waals surface area contributed by atoms with Gasteiger partial charge in [0.05, 0.1) is 0 Å². The molecular formula is C21H20F6N2O. The molecule has 1 N–H and O–H groups in total. The Morgan fingerprint density at radius 2 is 1.60 bits per heavy atom. The number of fused-ring (bicyclic) bond motifs is 1. The van der Waals surface area contributed by atoms with Gasteiger partial charge in [0.1, 0.15) is 0 Å². The number of benzene rings is 2. The van der Waals surface area contributed by atoms with Crippen molar-refractivity contribution in [2.24, 2.45) is 0 Å². The highest BCUT2D eigenvalue weighted by atomic mass is 19.4. The van der Waals surface area contributed by atoms with Crippen LogP contribution in [0.4, 0.5) is 37.7 Å². The van der Waals surface area contributed by atoms with E-state index in [9.17, 15) is 31.1 Å². The fourth-order valence-electron chi connectivity index (χ4n) is 3.57. The molecule has 0 aromatic heterocycles. The van der Waals surface area contributed by atoms with Gasteiger partial charge in [-0.2, -0.15) is 26.3 Å². The number of nitrogens with zero attached hydrogens (tertiary/aromatic N) is 1. The van der Waals surface area contributed by atoms with Crippen LogP contribution in [0.2, 0.25) is 0 Å². The predicted molar refractivity (Wildman–Crippen MR) is 101 cm³/mol. The largest absolute Gasteiger partial charge is 0.406 e. The molecule has 0 spiro atoms. The number of halogens is 6. The van der Waals surface area contributed by atoms with Crippen molar-refractivity contribution >= 4 is 17.3 Å². The second kappa shape index (κ2) is 7.52. The molecule has 1 aliphatic heterocycles. The summed E-state index contributed by atoms with van der Waals surface area (Å²) < 4.78 is 79.4. The number of hydrogen-bond donors (Lipinski definition) is 1. The van der Waals surface area contributed by atoms with E-state index in [2.05, 4.69) is 5.32 Å². The van der Waals surface area contributed by atoms with Crippen LogP contribution < -0.4 is 10.2 Å². The lowest BCUT2D eigenvalue weighted by molar-refractivity contribution is -0.297. The van der Waals surface area contributed by atoms with E-state index in [1.165, 1.54) is 19.1 Å². The smallest absolute Gasteiger partial charge is 0.367 e. The highest BCUT2D eigenvalue weighted by Gasteiger charge is 2.68. The summed E-state index contributed by atoms with van der Waals surface area (Å²) in [6.45, 7) is 2.57. The van der Waals surface area contributed by atoms with Crippen LogP contribution in [0.5, 0.6) is 0 Å². The summed E-state index contributed by atoms with van der Waals surface area (Å²) in [6.07, 6.45) is -10.2. The highest BCUT2D eigenvalue weighted by Crippen LogP contribution is 2.51. The Labute approximate surface area is 169 Å². The third kappa shape index (κ3) is 3.97. The van der Waals surface area contributed by atoms with Crippen molar-refractivity contribution in [3.8, 4) is 0 Å². The number of alkyl halides is 6. The molecule has 0 atom stereocenters. The van der Waals surface area contributed by atoms with Gasteiger partial charge < -0.3 is 10.2 Å². The molecule has 0 unspecified atom stereocenters. The van der Waals surface area contributed by atoms with E-state index in [4.69, 9.17) is 0 Å². The molecule has 2 aromatic rings. The number of anilines is 2. The van der Waals surface area contributed by atoms with E-state index in [0.29, 0.717) is 24.3 Å². The van der Waals surface area contributed by atoms with Crippen LogP contribution in [-0.4, -0.2) is 24.8 Å². The van der Waals surface area contributed by atoms with Crippen molar-refractivity contribution in [3.05, 3.63) is 59.2 Å². The summed E-state index contributed by atoms with van der Waals surface area (Å²) in [5.74, 6) is -0.186. The van der Waals surface area contributed by atoms with Gasteiger partial charge in [-0.15, -0.1) is 0 Å². The Morgan fingerprint density at radius 3 is 2.13 bits per heavy atom. The molecular weight excluding hydrogens is 410 g/mol. The van der Waals surface area contributed by atoms with E-state index in [-0.39, 0.29) is 12.8 Å². The van der Waals surface area contributed by atoms with Crippen LogP contribution in [0.15, 0.2) is 42.5 Å². The summed E-state index contributed by atoms with van der Waals surface area (Å²) in [6, 6.07) is 9.84. The molecule has 162 valence electrons. The van der Waals surface area contributed by atoms with Gasteiger partial charge in [-0.25, -0.2) is 0 Å². The fourth-order valence-corrected chi connectivity index (χ4v) is 3.57. The molecule has 1 amide bonds. The van der Waals surface area contributed by atoms with Gasteiger partial charge in [-0.3, -0.25) is 4.79 Å². The molecule has 9 heteroatoms. The molecule has 0 aliphatic carbocycles. The maximum atomic E-state index is 13.2. The van der Waals surface area contributed by atoms with E-state index in [1.807, 2.05) is 17.0 Å². The maximum absolute atomic E-state index is 13.2. The molecule has 2 aromatic carbocycles. The molecule has 0 saturated carbocycles. The first kappa shape index (κ1) is 22.0. The van der Waals surface area contributed by atoms with Gasteiger partial charge in [-0.1, -0.05) is 24.3 Å². The third-order valence-electron chi connectivity index (χ3n) is 5.43. The molecule has 0 bridgehead atoms. The molecule has 30 heavy (non-hydrogen) atoms. The Bertz CT molecular complexity index is 920. The first-order valence-electron chi connectivity index (χ1n) is 9.21. The van der Waals surface area contributed by atoms with Crippen LogP contribution in [0.3, 0.4) is 0 Å². The minimum atomic E-state index is -5.47. The van der Waals surface area contributed by atoms with Crippen molar-refractivity contribution in [2.75, 3.05) is 16.8 Å². The van der Waals surface area contributed by atoms with Crippen molar-refractivity contribution in [1.29, 1.82) is 0 Å². The van der Waals surface area contributed by atoms with Crippen molar-refractivity contribution in [1.82, 2.24) is 0 Å². The fraction of sp³-hybridized carbons (Fsp3) is 0.381. The van der Waals surface area contributed by atoms with E-state index in [0.717, 1.165) is 29.8 Å². The van der Waals surface area contributed by atoms with Gasteiger partial charge in [-0.05, 0) is 48.2 Å². The lowest BCUT2D eigenvalue weighted by Crippen LogP contribution is -2.51. The quantitative estimate of drug-likeness (QED) is 0.642. The molecule has 0 saturated heterocycles. The summed E-state index contributed by atoms with van der Waals surface area (Å²) in [7, 11) is 0. The predicted octanol–water partition coefficient (Wildman–Crippen LogP) is 5.59. The third-order valence-corrected chi connectivity index (χ3v) is 5.43. The monoisotopic (exact) mass is 430 g/mol. The number of amides is 1. The second-order valence-corrected chi connectivity index (χ2v) is 7.51. The van der Waals surface area contributed by atoms with Gasteiger partial charge in [0, 0.05) is 31.4 Å². The number of hydrogen-bond acceptors (Lipinski definition) is 2. The lowest BCUT2D eigenvalue weighted by atomic mass is 9.80. The van der Waals surface area contributed by atoms with Crippen molar-refractivity contribution in [3.63, 3.8) is 0 Å². The molecule has 0 fully saturated rings. The lowest BCUT2D eigenvalue weighted by Gasteiger charge is -2.34. The zero-order valence-corrected chi connectivity index (χ0v) is 16.3. The summed E-state index contributed by atoms with van der Waals surface area (Å²) in [5, 5.41) is 2.70. The van der Waals surface area contributed by atoms with E-state index >= 15 is 0 Å². The number of nitrogens with one attached hydrogen (secondary N) is 1.